The molecule has 1 aromatic carbocycles. The minimum absolute atomic E-state index is 0.141. The van der Waals surface area contributed by atoms with Crippen molar-refractivity contribution >= 4 is 11.5 Å². The van der Waals surface area contributed by atoms with Crippen molar-refractivity contribution in [3.05, 3.63) is 39.8 Å². The number of nitrogen functional groups attached to an aromatic ring is 1. The van der Waals surface area contributed by atoms with Crippen molar-refractivity contribution in [3.63, 3.8) is 0 Å². The molecule has 0 radical (unpaired) electrons. The SMILES string of the molecule is CCc1c(N)nnn1-c1ccc(F)cc1[N+](=O)[O-]. The first-order valence-corrected chi connectivity index (χ1v) is 5.19. The van der Waals surface area contributed by atoms with Crippen molar-refractivity contribution in [3.8, 4) is 5.69 Å². The molecule has 0 aliphatic rings. The summed E-state index contributed by atoms with van der Waals surface area (Å²) in [5, 5.41) is 18.3. The molecule has 0 aliphatic carbocycles. The fourth-order valence-electron chi connectivity index (χ4n) is 1.66. The van der Waals surface area contributed by atoms with Crippen molar-refractivity contribution < 1.29 is 9.31 Å². The number of anilines is 1. The van der Waals surface area contributed by atoms with E-state index in [9.17, 15) is 14.5 Å². The van der Waals surface area contributed by atoms with Crippen molar-refractivity contribution in [2.45, 2.75) is 13.3 Å². The van der Waals surface area contributed by atoms with Crippen LogP contribution in [0.3, 0.4) is 0 Å². The van der Waals surface area contributed by atoms with Crippen LogP contribution in [0.5, 0.6) is 0 Å². The molecule has 2 N–H and O–H groups in total. The van der Waals surface area contributed by atoms with E-state index in [0.29, 0.717) is 12.1 Å². The lowest BCUT2D eigenvalue weighted by molar-refractivity contribution is -0.384. The molecule has 94 valence electrons. The lowest BCUT2D eigenvalue weighted by atomic mass is 10.2. The van der Waals surface area contributed by atoms with Crippen LogP contribution in [0.2, 0.25) is 0 Å². The average Bonchev–Trinajstić information content (AvgIpc) is 2.70. The highest BCUT2D eigenvalue weighted by Gasteiger charge is 2.20. The number of nitrogens with zero attached hydrogens (tertiary/aromatic N) is 4. The maximum atomic E-state index is 13.0. The molecule has 8 heteroatoms. The third-order valence-electron chi connectivity index (χ3n) is 2.49. The molecule has 1 heterocycles. The predicted octanol–water partition coefficient (Wildman–Crippen LogP) is 1.46. The van der Waals surface area contributed by atoms with Gasteiger partial charge in [-0.2, -0.15) is 0 Å². The van der Waals surface area contributed by atoms with E-state index in [0.717, 1.165) is 12.1 Å². The summed E-state index contributed by atoms with van der Waals surface area (Å²) in [6, 6.07) is 3.24. The third-order valence-corrected chi connectivity index (χ3v) is 2.49. The van der Waals surface area contributed by atoms with Crippen LogP contribution in [0.25, 0.3) is 5.69 Å². The van der Waals surface area contributed by atoms with Crippen LogP contribution in [0.1, 0.15) is 12.6 Å². The second-order valence-corrected chi connectivity index (χ2v) is 3.58. The maximum absolute atomic E-state index is 13.0. The topological polar surface area (TPSA) is 99.9 Å². The first-order valence-electron chi connectivity index (χ1n) is 5.19. The van der Waals surface area contributed by atoms with Gasteiger partial charge >= 0.3 is 0 Å². The summed E-state index contributed by atoms with van der Waals surface area (Å²) in [5.41, 5.74) is 5.91. The Morgan fingerprint density at radius 2 is 2.28 bits per heavy atom. The van der Waals surface area contributed by atoms with Crippen LogP contribution < -0.4 is 5.73 Å². The second kappa shape index (κ2) is 4.40. The minimum Gasteiger partial charge on any atom is -0.381 e. The first-order chi connectivity index (χ1) is 8.54. The van der Waals surface area contributed by atoms with E-state index < -0.39 is 10.7 Å². The fraction of sp³-hybridized carbons (Fsp3) is 0.200. The number of hydrogen-bond donors (Lipinski definition) is 1. The molecule has 0 aliphatic heterocycles. The largest absolute Gasteiger partial charge is 0.381 e. The number of aromatic nitrogens is 3. The van der Waals surface area contributed by atoms with Gasteiger partial charge in [-0.25, -0.2) is 9.07 Å². The highest BCUT2D eigenvalue weighted by atomic mass is 19.1. The number of halogens is 1. The third kappa shape index (κ3) is 1.88. The van der Waals surface area contributed by atoms with Crippen LogP contribution in [0.4, 0.5) is 15.9 Å². The van der Waals surface area contributed by atoms with Crippen molar-refractivity contribution in [1.82, 2.24) is 15.0 Å². The number of hydrogen-bond acceptors (Lipinski definition) is 5. The molecule has 0 saturated carbocycles. The molecular formula is C10H10FN5O2. The Balaban J connectivity index is 2.67. The van der Waals surface area contributed by atoms with Gasteiger partial charge in [0.15, 0.2) is 5.82 Å². The molecule has 7 nitrogen and oxygen atoms in total. The molecule has 2 rings (SSSR count). The zero-order chi connectivity index (χ0) is 13.3. The van der Waals surface area contributed by atoms with Gasteiger partial charge in [-0.05, 0) is 18.6 Å². The van der Waals surface area contributed by atoms with Gasteiger partial charge in [0.2, 0.25) is 0 Å². The standard InChI is InChI=1S/C10H10FN5O2/c1-2-7-10(12)13-14-15(7)8-4-3-6(11)5-9(8)16(17)18/h3-5H,2,12H2,1H3. The van der Waals surface area contributed by atoms with E-state index in [2.05, 4.69) is 10.3 Å². The Labute approximate surface area is 101 Å². The molecule has 0 atom stereocenters. The van der Waals surface area contributed by atoms with Crippen LogP contribution in [0.15, 0.2) is 18.2 Å². The van der Waals surface area contributed by atoms with Crippen LogP contribution in [-0.4, -0.2) is 19.9 Å². The zero-order valence-corrected chi connectivity index (χ0v) is 9.50. The lowest BCUT2D eigenvalue weighted by Gasteiger charge is -2.05. The van der Waals surface area contributed by atoms with Crippen LogP contribution in [-0.2, 0) is 6.42 Å². The van der Waals surface area contributed by atoms with E-state index in [1.54, 1.807) is 0 Å². The van der Waals surface area contributed by atoms with E-state index in [1.807, 2.05) is 6.92 Å². The number of nitro groups is 1. The zero-order valence-electron chi connectivity index (χ0n) is 9.50. The first kappa shape index (κ1) is 12.0. The molecule has 2 aromatic rings. The van der Waals surface area contributed by atoms with Gasteiger partial charge in [0.05, 0.1) is 16.7 Å². The number of nitrogens with two attached hydrogens (primary N) is 1. The summed E-state index contributed by atoms with van der Waals surface area (Å²) in [6.07, 6.45) is 0.507. The predicted molar refractivity (Wildman–Crippen MR) is 61.8 cm³/mol. The van der Waals surface area contributed by atoms with E-state index in [1.165, 1.54) is 10.7 Å². The summed E-state index contributed by atoms with van der Waals surface area (Å²) in [7, 11) is 0. The molecular weight excluding hydrogens is 241 g/mol. The van der Waals surface area contributed by atoms with Gasteiger partial charge in [-0.3, -0.25) is 10.1 Å². The van der Waals surface area contributed by atoms with Gasteiger partial charge in [-0.15, -0.1) is 5.10 Å². The maximum Gasteiger partial charge on any atom is 0.297 e. The van der Waals surface area contributed by atoms with Crippen molar-refractivity contribution in [2.75, 3.05) is 5.73 Å². The summed E-state index contributed by atoms with van der Waals surface area (Å²) in [6.45, 7) is 1.82. The normalized spacial score (nSPS) is 10.6. The van der Waals surface area contributed by atoms with E-state index in [4.69, 9.17) is 5.73 Å². The molecule has 0 fully saturated rings. The fourth-order valence-corrected chi connectivity index (χ4v) is 1.66. The van der Waals surface area contributed by atoms with Crippen molar-refractivity contribution in [2.24, 2.45) is 0 Å². The molecule has 0 spiro atoms. The molecule has 0 unspecified atom stereocenters. The Morgan fingerprint density at radius 1 is 1.56 bits per heavy atom. The van der Waals surface area contributed by atoms with E-state index >= 15 is 0 Å². The Morgan fingerprint density at radius 3 is 2.89 bits per heavy atom. The highest BCUT2D eigenvalue weighted by Crippen LogP contribution is 2.25. The van der Waals surface area contributed by atoms with Crippen LogP contribution >= 0.6 is 0 Å². The van der Waals surface area contributed by atoms with Gasteiger partial charge < -0.3 is 5.73 Å². The van der Waals surface area contributed by atoms with Crippen LogP contribution in [0, 0.1) is 15.9 Å². The second-order valence-electron chi connectivity index (χ2n) is 3.58. The van der Waals surface area contributed by atoms with Gasteiger partial charge in [0.25, 0.3) is 5.69 Å². The quantitative estimate of drug-likeness (QED) is 0.657. The number of nitro benzene ring substituents is 1. The molecule has 0 bridgehead atoms. The van der Waals surface area contributed by atoms with Crippen molar-refractivity contribution in [1.29, 1.82) is 0 Å². The Hall–Kier alpha value is -2.51. The summed E-state index contributed by atoms with van der Waals surface area (Å²) < 4.78 is 14.3. The number of rotatable bonds is 3. The Kier molecular flexibility index (Phi) is 2.92. The monoisotopic (exact) mass is 251 g/mol. The van der Waals surface area contributed by atoms with Gasteiger partial charge in [-0.1, -0.05) is 12.1 Å². The average molecular weight is 251 g/mol. The summed E-state index contributed by atoms with van der Waals surface area (Å²) >= 11 is 0. The minimum atomic E-state index is -0.684. The van der Waals surface area contributed by atoms with Gasteiger partial charge in [0.1, 0.15) is 11.5 Å². The highest BCUT2D eigenvalue weighted by molar-refractivity contribution is 5.54. The molecule has 0 amide bonds. The summed E-state index contributed by atoms with van der Waals surface area (Å²) in [5.74, 6) is -0.479. The summed E-state index contributed by atoms with van der Waals surface area (Å²) in [4.78, 5) is 10.2. The van der Waals surface area contributed by atoms with E-state index in [-0.39, 0.29) is 17.2 Å². The smallest absolute Gasteiger partial charge is 0.297 e. The van der Waals surface area contributed by atoms with Gasteiger partial charge in [0, 0.05) is 0 Å². The number of benzene rings is 1. The molecule has 18 heavy (non-hydrogen) atoms. The Bertz CT molecular complexity index is 610. The molecule has 1 aromatic heterocycles. The molecule has 0 saturated heterocycles. The lowest BCUT2D eigenvalue weighted by Crippen LogP contribution is -2.06.